The first-order valence-electron chi connectivity index (χ1n) is 3.59. The highest BCUT2D eigenvalue weighted by atomic mass is 35.5. The molecule has 1 aliphatic heterocycles. The number of hydrogen-bond acceptors (Lipinski definition) is 3. The van der Waals surface area contributed by atoms with E-state index in [9.17, 15) is 4.79 Å². The van der Waals surface area contributed by atoms with Gasteiger partial charge in [0.15, 0.2) is 6.73 Å². The fourth-order valence-electron chi connectivity index (χ4n) is 1.17. The van der Waals surface area contributed by atoms with Crippen LogP contribution in [0.4, 0.5) is 5.69 Å². The highest BCUT2D eigenvalue weighted by molar-refractivity contribution is 6.38. The van der Waals surface area contributed by atoms with Crippen LogP contribution in [0.1, 0.15) is 10.4 Å². The van der Waals surface area contributed by atoms with E-state index in [0.29, 0.717) is 21.3 Å². The molecule has 0 radical (unpaired) electrons. The Hall–Kier alpha value is -0.930. The van der Waals surface area contributed by atoms with Crippen LogP contribution in [-0.2, 0) is 4.74 Å². The van der Waals surface area contributed by atoms with Crippen LogP contribution >= 0.6 is 23.2 Å². The van der Waals surface area contributed by atoms with E-state index in [1.807, 2.05) is 0 Å². The number of cyclic esters (lactones) is 1. The number of benzene rings is 1. The van der Waals surface area contributed by atoms with Gasteiger partial charge in [0, 0.05) is 0 Å². The number of anilines is 1. The second-order valence-corrected chi connectivity index (χ2v) is 3.35. The number of ether oxygens (including phenoxy) is 1. The van der Waals surface area contributed by atoms with E-state index in [0.717, 1.165) is 0 Å². The van der Waals surface area contributed by atoms with Crippen molar-refractivity contribution < 1.29 is 9.53 Å². The number of carbonyl (C=O) groups is 1. The van der Waals surface area contributed by atoms with Gasteiger partial charge in [-0.3, -0.25) is 0 Å². The van der Waals surface area contributed by atoms with Crippen molar-refractivity contribution in [2.75, 3.05) is 12.0 Å². The minimum atomic E-state index is -0.443. The first-order chi connectivity index (χ1) is 6.20. The zero-order chi connectivity index (χ0) is 9.42. The highest BCUT2D eigenvalue weighted by Gasteiger charge is 2.23. The smallest absolute Gasteiger partial charge is 0.343 e. The molecule has 1 heterocycles. The van der Waals surface area contributed by atoms with Gasteiger partial charge in [-0.15, -0.1) is 0 Å². The summed E-state index contributed by atoms with van der Waals surface area (Å²) in [5.41, 5.74) is 0.853. The van der Waals surface area contributed by atoms with E-state index in [1.54, 1.807) is 12.1 Å². The summed E-state index contributed by atoms with van der Waals surface area (Å²) in [6.07, 6.45) is 0. The minimum Gasteiger partial charge on any atom is -0.441 e. The SMILES string of the molecule is O=C1OCNc2c(Cl)ccc(Cl)c21. The van der Waals surface area contributed by atoms with Gasteiger partial charge < -0.3 is 10.1 Å². The molecule has 0 saturated carbocycles. The molecule has 0 amide bonds. The lowest BCUT2D eigenvalue weighted by Crippen LogP contribution is -2.21. The molecule has 1 aromatic carbocycles. The Morgan fingerprint density at radius 3 is 2.69 bits per heavy atom. The Morgan fingerprint density at radius 2 is 2.00 bits per heavy atom. The Kier molecular flexibility index (Phi) is 2.06. The van der Waals surface area contributed by atoms with Crippen LogP contribution in [0.5, 0.6) is 0 Å². The number of hydrogen-bond donors (Lipinski definition) is 1. The van der Waals surface area contributed by atoms with Crippen molar-refractivity contribution >= 4 is 34.9 Å². The van der Waals surface area contributed by atoms with E-state index < -0.39 is 5.97 Å². The summed E-state index contributed by atoms with van der Waals surface area (Å²) in [6.45, 7) is 0.131. The molecular formula is C8H5Cl2NO2. The Balaban J connectivity index is 2.67. The second kappa shape index (κ2) is 3.09. The van der Waals surface area contributed by atoms with Crippen LogP contribution in [0.25, 0.3) is 0 Å². The maximum atomic E-state index is 11.3. The lowest BCUT2D eigenvalue weighted by Gasteiger charge is -2.19. The van der Waals surface area contributed by atoms with Crippen molar-refractivity contribution in [2.45, 2.75) is 0 Å². The molecule has 1 N–H and O–H groups in total. The largest absolute Gasteiger partial charge is 0.441 e. The third-order valence-electron chi connectivity index (χ3n) is 1.76. The predicted octanol–water partition coefficient (Wildman–Crippen LogP) is 2.53. The molecule has 1 aliphatic rings. The van der Waals surface area contributed by atoms with E-state index in [-0.39, 0.29) is 6.73 Å². The van der Waals surface area contributed by atoms with Crippen LogP contribution in [0, 0.1) is 0 Å². The minimum absolute atomic E-state index is 0.131. The molecule has 0 atom stereocenters. The summed E-state index contributed by atoms with van der Waals surface area (Å²) in [5, 5.41) is 3.66. The van der Waals surface area contributed by atoms with Gasteiger partial charge in [0.05, 0.1) is 15.7 Å². The summed E-state index contributed by atoms with van der Waals surface area (Å²) in [5.74, 6) is -0.443. The zero-order valence-corrected chi connectivity index (χ0v) is 7.95. The van der Waals surface area contributed by atoms with Gasteiger partial charge >= 0.3 is 5.97 Å². The Bertz CT molecular complexity index is 379. The van der Waals surface area contributed by atoms with Crippen molar-refractivity contribution in [3.8, 4) is 0 Å². The van der Waals surface area contributed by atoms with E-state index >= 15 is 0 Å². The quantitative estimate of drug-likeness (QED) is 0.680. The van der Waals surface area contributed by atoms with Crippen LogP contribution < -0.4 is 5.32 Å². The molecule has 2 rings (SSSR count). The van der Waals surface area contributed by atoms with Crippen molar-refractivity contribution in [1.82, 2.24) is 0 Å². The maximum Gasteiger partial charge on any atom is 0.343 e. The molecule has 0 fully saturated rings. The number of carbonyl (C=O) groups excluding carboxylic acids is 1. The molecule has 1 aromatic rings. The molecule has 3 nitrogen and oxygen atoms in total. The molecule has 5 heteroatoms. The van der Waals surface area contributed by atoms with Gasteiger partial charge in [-0.25, -0.2) is 4.79 Å². The fourth-order valence-corrected chi connectivity index (χ4v) is 1.63. The van der Waals surface area contributed by atoms with Gasteiger partial charge in [-0.05, 0) is 12.1 Å². The van der Waals surface area contributed by atoms with Crippen molar-refractivity contribution in [3.63, 3.8) is 0 Å². The number of rotatable bonds is 0. The third kappa shape index (κ3) is 1.34. The first kappa shape index (κ1) is 8.66. The van der Waals surface area contributed by atoms with E-state index in [4.69, 9.17) is 27.9 Å². The summed E-state index contributed by atoms with van der Waals surface area (Å²) in [7, 11) is 0. The number of nitrogens with one attached hydrogen (secondary N) is 1. The lowest BCUT2D eigenvalue weighted by atomic mass is 10.1. The van der Waals surface area contributed by atoms with Crippen LogP contribution in [-0.4, -0.2) is 12.7 Å². The topological polar surface area (TPSA) is 38.3 Å². The monoisotopic (exact) mass is 217 g/mol. The van der Waals surface area contributed by atoms with Crippen molar-refractivity contribution in [3.05, 3.63) is 27.7 Å². The summed E-state index contributed by atoms with van der Waals surface area (Å²) in [6, 6.07) is 3.20. The molecule has 0 saturated heterocycles. The predicted molar refractivity (Wildman–Crippen MR) is 50.4 cm³/mol. The Morgan fingerprint density at radius 1 is 1.31 bits per heavy atom. The zero-order valence-electron chi connectivity index (χ0n) is 6.43. The van der Waals surface area contributed by atoms with Crippen LogP contribution in [0.2, 0.25) is 10.0 Å². The molecule has 68 valence electrons. The van der Waals surface area contributed by atoms with Gasteiger partial charge in [0.1, 0.15) is 5.56 Å². The van der Waals surface area contributed by atoms with Crippen molar-refractivity contribution in [1.29, 1.82) is 0 Å². The average molecular weight is 218 g/mol. The molecule has 0 unspecified atom stereocenters. The summed E-state index contributed by atoms with van der Waals surface area (Å²) in [4.78, 5) is 11.3. The van der Waals surface area contributed by atoms with Crippen LogP contribution in [0.3, 0.4) is 0 Å². The van der Waals surface area contributed by atoms with E-state index in [1.165, 1.54) is 0 Å². The Labute approximate surface area is 84.6 Å². The normalized spacial score (nSPS) is 14.5. The second-order valence-electron chi connectivity index (χ2n) is 2.53. The molecule has 0 bridgehead atoms. The lowest BCUT2D eigenvalue weighted by molar-refractivity contribution is 0.0518. The molecular weight excluding hydrogens is 213 g/mol. The maximum absolute atomic E-state index is 11.3. The summed E-state index contributed by atoms with van der Waals surface area (Å²) >= 11 is 11.7. The average Bonchev–Trinajstić information content (AvgIpc) is 2.12. The number of esters is 1. The summed E-state index contributed by atoms with van der Waals surface area (Å²) < 4.78 is 4.75. The first-order valence-corrected chi connectivity index (χ1v) is 4.35. The van der Waals surface area contributed by atoms with Crippen molar-refractivity contribution in [2.24, 2.45) is 0 Å². The molecule has 0 spiro atoms. The third-order valence-corrected chi connectivity index (χ3v) is 2.39. The number of halogens is 2. The van der Waals surface area contributed by atoms with Gasteiger partial charge in [-0.1, -0.05) is 23.2 Å². The fraction of sp³-hybridized carbons (Fsp3) is 0.125. The number of fused-ring (bicyclic) bond motifs is 1. The van der Waals surface area contributed by atoms with Gasteiger partial charge in [-0.2, -0.15) is 0 Å². The molecule has 0 aromatic heterocycles. The highest BCUT2D eigenvalue weighted by Crippen LogP contribution is 2.34. The van der Waals surface area contributed by atoms with Crippen LogP contribution in [0.15, 0.2) is 12.1 Å². The standard InChI is InChI=1S/C8H5Cl2NO2/c9-4-1-2-5(10)7-6(4)8(12)13-3-11-7/h1-2,11H,3H2. The van der Waals surface area contributed by atoms with Gasteiger partial charge in [0.25, 0.3) is 0 Å². The molecule has 13 heavy (non-hydrogen) atoms. The molecule has 0 aliphatic carbocycles. The van der Waals surface area contributed by atoms with E-state index in [2.05, 4.69) is 5.32 Å². The van der Waals surface area contributed by atoms with Gasteiger partial charge in [0.2, 0.25) is 0 Å².